The summed E-state index contributed by atoms with van der Waals surface area (Å²) >= 11 is 0. The van der Waals surface area contributed by atoms with Gasteiger partial charge < -0.3 is 14.6 Å². The molecule has 1 aromatic heterocycles. The van der Waals surface area contributed by atoms with E-state index in [4.69, 9.17) is 9.26 Å². The maximum Gasteiger partial charge on any atom is 0.261 e. The van der Waals surface area contributed by atoms with Crippen molar-refractivity contribution in [2.75, 3.05) is 7.11 Å². The molecule has 18 heavy (non-hydrogen) atoms. The van der Waals surface area contributed by atoms with Crippen LogP contribution in [0.2, 0.25) is 0 Å². The third-order valence-electron chi connectivity index (χ3n) is 2.47. The highest BCUT2D eigenvalue weighted by Gasteiger charge is 2.12. The third kappa shape index (κ3) is 2.87. The van der Waals surface area contributed by atoms with Crippen LogP contribution in [0.25, 0.3) is 11.5 Å². The van der Waals surface area contributed by atoms with E-state index < -0.39 is 0 Å². The molecule has 0 fully saturated rings. The molecule has 0 aliphatic rings. The topological polar surface area (TPSA) is 60.2 Å². The van der Waals surface area contributed by atoms with Gasteiger partial charge in [0.1, 0.15) is 5.75 Å². The number of nitrogens with one attached hydrogen (secondary N) is 1. The molecule has 96 valence electrons. The summed E-state index contributed by atoms with van der Waals surface area (Å²) < 4.78 is 10.5. The van der Waals surface area contributed by atoms with Gasteiger partial charge in [-0.05, 0) is 12.1 Å². The van der Waals surface area contributed by atoms with Crippen LogP contribution < -0.4 is 10.1 Å². The Morgan fingerprint density at radius 1 is 1.33 bits per heavy atom. The Morgan fingerprint density at radius 2 is 2.11 bits per heavy atom. The van der Waals surface area contributed by atoms with Crippen molar-refractivity contribution >= 4 is 0 Å². The molecule has 0 aliphatic heterocycles. The molecule has 5 heteroatoms. The fourth-order valence-electron chi connectivity index (χ4n) is 1.55. The van der Waals surface area contributed by atoms with Crippen molar-refractivity contribution in [3.63, 3.8) is 0 Å². The zero-order valence-corrected chi connectivity index (χ0v) is 10.8. The second kappa shape index (κ2) is 5.64. The highest BCUT2D eigenvalue weighted by atomic mass is 16.5. The number of ether oxygens (including phenoxy) is 1. The molecule has 0 saturated carbocycles. The zero-order chi connectivity index (χ0) is 13.0. The van der Waals surface area contributed by atoms with Gasteiger partial charge in [-0.15, -0.1) is 0 Å². The third-order valence-corrected chi connectivity index (χ3v) is 2.47. The Kier molecular flexibility index (Phi) is 3.94. The lowest BCUT2D eigenvalue weighted by Gasteiger charge is -2.04. The summed E-state index contributed by atoms with van der Waals surface area (Å²) in [5.74, 6) is 1.85. The Hall–Kier alpha value is -1.88. The van der Waals surface area contributed by atoms with Gasteiger partial charge in [-0.2, -0.15) is 4.98 Å². The number of hydrogen-bond acceptors (Lipinski definition) is 5. The second-order valence-corrected chi connectivity index (χ2v) is 4.25. The van der Waals surface area contributed by atoms with Gasteiger partial charge in [0.2, 0.25) is 0 Å². The smallest absolute Gasteiger partial charge is 0.261 e. The van der Waals surface area contributed by atoms with Crippen molar-refractivity contribution in [3.8, 4) is 17.2 Å². The molecule has 0 saturated heterocycles. The Bertz CT molecular complexity index is 508. The SMILES string of the molecule is COc1ccccc1-c1nc(CNC(C)C)no1. The first-order chi connectivity index (χ1) is 8.70. The molecule has 5 nitrogen and oxygen atoms in total. The van der Waals surface area contributed by atoms with Crippen LogP contribution in [-0.4, -0.2) is 23.3 Å². The molecule has 2 aromatic rings. The van der Waals surface area contributed by atoms with E-state index in [9.17, 15) is 0 Å². The normalized spacial score (nSPS) is 10.9. The summed E-state index contributed by atoms with van der Waals surface area (Å²) in [6.45, 7) is 4.73. The largest absolute Gasteiger partial charge is 0.496 e. The standard InChI is InChI=1S/C13H17N3O2/c1-9(2)14-8-12-15-13(18-16-12)10-6-4-5-7-11(10)17-3/h4-7,9,14H,8H2,1-3H3. The van der Waals surface area contributed by atoms with Crippen molar-refractivity contribution in [2.24, 2.45) is 0 Å². The summed E-state index contributed by atoms with van der Waals surface area (Å²) in [6, 6.07) is 7.96. The number of nitrogens with zero attached hydrogens (tertiary/aromatic N) is 2. The molecule has 0 atom stereocenters. The molecule has 1 heterocycles. The van der Waals surface area contributed by atoms with Crippen LogP contribution in [0.15, 0.2) is 28.8 Å². The molecule has 0 amide bonds. The van der Waals surface area contributed by atoms with E-state index in [0.29, 0.717) is 24.3 Å². The monoisotopic (exact) mass is 247 g/mol. The zero-order valence-electron chi connectivity index (χ0n) is 10.8. The van der Waals surface area contributed by atoms with E-state index in [2.05, 4.69) is 29.3 Å². The predicted molar refractivity (Wildman–Crippen MR) is 68.3 cm³/mol. The van der Waals surface area contributed by atoms with Gasteiger partial charge in [0, 0.05) is 6.04 Å². The van der Waals surface area contributed by atoms with Gasteiger partial charge in [0.25, 0.3) is 5.89 Å². The van der Waals surface area contributed by atoms with Crippen molar-refractivity contribution < 1.29 is 9.26 Å². The average Bonchev–Trinajstić information content (AvgIpc) is 2.85. The van der Waals surface area contributed by atoms with Crippen LogP contribution in [0.3, 0.4) is 0 Å². The average molecular weight is 247 g/mol. The predicted octanol–water partition coefficient (Wildman–Crippen LogP) is 2.24. The van der Waals surface area contributed by atoms with Crippen molar-refractivity contribution in [1.29, 1.82) is 0 Å². The Labute approximate surface area is 106 Å². The van der Waals surface area contributed by atoms with Crippen LogP contribution in [0.5, 0.6) is 5.75 Å². The van der Waals surface area contributed by atoms with E-state index in [0.717, 1.165) is 11.3 Å². The fourth-order valence-corrected chi connectivity index (χ4v) is 1.55. The second-order valence-electron chi connectivity index (χ2n) is 4.25. The van der Waals surface area contributed by atoms with Gasteiger partial charge >= 0.3 is 0 Å². The molecule has 1 aromatic carbocycles. The Balaban J connectivity index is 2.18. The van der Waals surface area contributed by atoms with Gasteiger partial charge in [0.05, 0.1) is 19.2 Å². The van der Waals surface area contributed by atoms with Crippen molar-refractivity contribution in [2.45, 2.75) is 26.4 Å². The number of hydrogen-bond donors (Lipinski definition) is 1. The van der Waals surface area contributed by atoms with Crippen molar-refractivity contribution in [3.05, 3.63) is 30.1 Å². The van der Waals surface area contributed by atoms with E-state index in [1.54, 1.807) is 7.11 Å². The van der Waals surface area contributed by atoms with E-state index in [1.807, 2.05) is 24.3 Å². The van der Waals surface area contributed by atoms with Crippen LogP contribution in [0.1, 0.15) is 19.7 Å². The maximum absolute atomic E-state index is 5.26. The molecule has 0 aliphatic carbocycles. The number of aromatic nitrogens is 2. The summed E-state index contributed by atoms with van der Waals surface area (Å²) in [6.07, 6.45) is 0. The van der Waals surface area contributed by atoms with E-state index >= 15 is 0 Å². The quantitative estimate of drug-likeness (QED) is 0.878. The number of rotatable bonds is 5. The minimum absolute atomic E-state index is 0.387. The van der Waals surface area contributed by atoms with Crippen LogP contribution >= 0.6 is 0 Å². The first-order valence-corrected chi connectivity index (χ1v) is 5.90. The van der Waals surface area contributed by atoms with Crippen LogP contribution in [0.4, 0.5) is 0 Å². The molecule has 0 radical (unpaired) electrons. The number of methoxy groups -OCH3 is 1. The van der Waals surface area contributed by atoms with Gasteiger partial charge in [-0.3, -0.25) is 0 Å². The molecule has 2 rings (SSSR count). The van der Waals surface area contributed by atoms with Gasteiger partial charge in [0.15, 0.2) is 5.82 Å². The lowest BCUT2D eigenvalue weighted by atomic mass is 10.2. The first-order valence-electron chi connectivity index (χ1n) is 5.90. The van der Waals surface area contributed by atoms with E-state index in [-0.39, 0.29) is 0 Å². The summed E-state index contributed by atoms with van der Waals surface area (Å²) in [4.78, 5) is 4.34. The summed E-state index contributed by atoms with van der Waals surface area (Å²) in [7, 11) is 1.62. The van der Waals surface area contributed by atoms with Crippen LogP contribution in [-0.2, 0) is 6.54 Å². The summed E-state index contributed by atoms with van der Waals surface area (Å²) in [5, 5.41) is 7.17. The molecule has 0 unspecified atom stereocenters. The van der Waals surface area contributed by atoms with E-state index in [1.165, 1.54) is 0 Å². The minimum atomic E-state index is 0.387. The first kappa shape index (κ1) is 12.6. The lowest BCUT2D eigenvalue weighted by molar-refractivity contribution is 0.401. The Morgan fingerprint density at radius 3 is 2.83 bits per heavy atom. The van der Waals surface area contributed by atoms with Gasteiger partial charge in [-0.25, -0.2) is 0 Å². The maximum atomic E-state index is 5.26. The minimum Gasteiger partial charge on any atom is -0.496 e. The highest BCUT2D eigenvalue weighted by molar-refractivity contribution is 5.62. The van der Waals surface area contributed by atoms with Gasteiger partial charge in [-0.1, -0.05) is 31.1 Å². The highest BCUT2D eigenvalue weighted by Crippen LogP contribution is 2.27. The molecular formula is C13H17N3O2. The van der Waals surface area contributed by atoms with Crippen LogP contribution in [0, 0.1) is 0 Å². The molecule has 0 spiro atoms. The molecular weight excluding hydrogens is 230 g/mol. The lowest BCUT2D eigenvalue weighted by Crippen LogP contribution is -2.22. The fraction of sp³-hybridized carbons (Fsp3) is 0.385. The van der Waals surface area contributed by atoms with Crippen molar-refractivity contribution in [1.82, 2.24) is 15.5 Å². The number of benzene rings is 1. The number of para-hydroxylation sites is 1. The molecule has 1 N–H and O–H groups in total. The summed E-state index contributed by atoms with van der Waals surface area (Å²) in [5.41, 5.74) is 0.809. The molecule has 0 bridgehead atoms.